The monoisotopic (exact) mass is 436 g/mol. The topological polar surface area (TPSA) is 81.9 Å². The predicted octanol–water partition coefficient (Wildman–Crippen LogP) is 4.09. The predicted molar refractivity (Wildman–Crippen MR) is 118 cm³/mol. The molecule has 158 valence electrons. The molecule has 2 aromatic heterocycles. The fourth-order valence-electron chi connectivity index (χ4n) is 3.76. The van der Waals surface area contributed by atoms with Gasteiger partial charge in [-0.05, 0) is 30.3 Å². The summed E-state index contributed by atoms with van der Waals surface area (Å²) in [5.74, 6) is 0.484. The average molecular weight is 436 g/mol. The summed E-state index contributed by atoms with van der Waals surface area (Å²) in [4.78, 5) is 31.4. The molecule has 3 heterocycles. The number of para-hydroxylation sites is 1. The van der Waals surface area contributed by atoms with Gasteiger partial charge in [-0.2, -0.15) is 0 Å². The highest BCUT2D eigenvalue weighted by Gasteiger charge is 2.27. The second kappa shape index (κ2) is 8.03. The molecule has 31 heavy (non-hydrogen) atoms. The summed E-state index contributed by atoms with van der Waals surface area (Å²) in [5, 5.41) is 1.35. The molecule has 0 unspecified atom stereocenters. The van der Waals surface area contributed by atoms with E-state index in [0.717, 1.165) is 21.4 Å². The van der Waals surface area contributed by atoms with Crippen LogP contribution in [0.25, 0.3) is 21.2 Å². The largest absolute Gasteiger partial charge is 0.497 e. The van der Waals surface area contributed by atoms with E-state index in [1.165, 1.54) is 11.3 Å². The van der Waals surface area contributed by atoms with Gasteiger partial charge >= 0.3 is 5.63 Å². The summed E-state index contributed by atoms with van der Waals surface area (Å²) < 4.78 is 17.6. The number of likely N-dealkylation sites (tertiary alicyclic amines) is 1. The van der Waals surface area contributed by atoms with Gasteiger partial charge < -0.3 is 18.8 Å². The molecular formula is C23H20N2O5S. The third-order valence-electron chi connectivity index (χ3n) is 5.44. The summed E-state index contributed by atoms with van der Waals surface area (Å²) in [7, 11) is 1.64. The highest BCUT2D eigenvalue weighted by atomic mass is 32.1. The lowest BCUT2D eigenvalue weighted by atomic mass is 10.1. The second-order valence-electron chi connectivity index (χ2n) is 7.41. The Balaban J connectivity index is 1.25. The van der Waals surface area contributed by atoms with Crippen molar-refractivity contribution in [3.05, 3.63) is 64.5 Å². The van der Waals surface area contributed by atoms with Crippen molar-refractivity contribution in [3.8, 4) is 10.9 Å². The Kier molecular flexibility index (Phi) is 5.07. The fourth-order valence-corrected chi connectivity index (χ4v) is 4.67. The smallest absolute Gasteiger partial charge is 0.349 e. The molecule has 5 rings (SSSR count). The summed E-state index contributed by atoms with van der Waals surface area (Å²) in [6.45, 7) is 1.02. The third kappa shape index (κ3) is 3.86. The zero-order chi connectivity index (χ0) is 21.4. The van der Waals surface area contributed by atoms with Crippen LogP contribution in [0.15, 0.2) is 57.7 Å². The summed E-state index contributed by atoms with van der Waals surface area (Å²) >= 11 is 1.48. The first-order chi connectivity index (χ1) is 15.1. The highest BCUT2D eigenvalue weighted by Crippen LogP contribution is 2.32. The Morgan fingerprint density at radius 3 is 2.77 bits per heavy atom. The van der Waals surface area contributed by atoms with Crippen LogP contribution in [0, 0.1) is 0 Å². The van der Waals surface area contributed by atoms with Gasteiger partial charge in [-0.15, -0.1) is 0 Å². The molecule has 0 bridgehead atoms. The maximum atomic E-state index is 12.9. The zero-order valence-corrected chi connectivity index (χ0v) is 17.7. The standard InChI is InChI=1S/C23H20N2O5S/c1-28-16-6-7-18-20(13-16)31-23(24-18)29-15-8-10-25(11-9-15)21(26)17-12-14-4-2-3-5-19(14)30-22(17)27/h2-7,12-13,15H,8-11H2,1H3. The van der Waals surface area contributed by atoms with Gasteiger partial charge in [0, 0.05) is 31.3 Å². The number of fused-ring (bicyclic) bond motifs is 2. The van der Waals surface area contributed by atoms with Crippen LogP contribution in [-0.2, 0) is 0 Å². The zero-order valence-electron chi connectivity index (χ0n) is 16.9. The molecule has 0 aliphatic carbocycles. The minimum absolute atomic E-state index is 0.0282. The van der Waals surface area contributed by atoms with E-state index < -0.39 is 5.63 Å². The SMILES string of the molecule is COc1ccc2nc(OC3CCN(C(=O)c4cc5ccccc5oc4=O)CC3)sc2c1. The molecule has 1 aliphatic heterocycles. The number of rotatable bonds is 4. The number of ether oxygens (including phenoxy) is 2. The van der Waals surface area contributed by atoms with Crippen molar-refractivity contribution in [1.82, 2.24) is 9.88 Å². The molecule has 0 spiro atoms. The summed E-state index contributed by atoms with van der Waals surface area (Å²) in [6, 6.07) is 14.5. The number of methoxy groups -OCH3 is 1. The first-order valence-electron chi connectivity index (χ1n) is 10.0. The molecular weight excluding hydrogens is 416 g/mol. The number of piperidine rings is 1. The number of hydrogen-bond donors (Lipinski definition) is 0. The Labute approximate surface area is 181 Å². The maximum absolute atomic E-state index is 12.9. The first-order valence-corrected chi connectivity index (χ1v) is 10.9. The molecule has 2 aromatic carbocycles. The normalized spacial score (nSPS) is 14.8. The van der Waals surface area contributed by atoms with Crippen molar-refractivity contribution < 1.29 is 18.7 Å². The van der Waals surface area contributed by atoms with E-state index in [0.29, 0.717) is 36.7 Å². The van der Waals surface area contributed by atoms with E-state index in [1.54, 1.807) is 30.2 Å². The van der Waals surface area contributed by atoms with E-state index in [4.69, 9.17) is 13.9 Å². The van der Waals surface area contributed by atoms with Crippen LogP contribution in [0.4, 0.5) is 0 Å². The molecule has 4 aromatic rings. The van der Waals surface area contributed by atoms with Crippen molar-refractivity contribution >= 4 is 38.4 Å². The average Bonchev–Trinajstić information content (AvgIpc) is 3.20. The van der Waals surface area contributed by atoms with E-state index in [-0.39, 0.29) is 17.6 Å². The number of hydrogen-bond acceptors (Lipinski definition) is 7. The van der Waals surface area contributed by atoms with E-state index in [9.17, 15) is 9.59 Å². The van der Waals surface area contributed by atoms with Crippen LogP contribution in [0.1, 0.15) is 23.2 Å². The van der Waals surface area contributed by atoms with Gasteiger partial charge in [-0.3, -0.25) is 4.79 Å². The van der Waals surface area contributed by atoms with Crippen LogP contribution in [0.2, 0.25) is 0 Å². The van der Waals surface area contributed by atoms with Crippen LogP contribution >= 0.6 is 11.3 Å². The summed E-state index contributed by atoms with van der Waals surface area (Å²) in [6.07, 6.45) is 1.31. The molecule has 1 saturated heterocycles. The number of carbonyl (C=O) groups is 1. The second-order valence-corrected chi connectivity index (χ2v) is 8.40. The van der Waals surface area contributed by atoms with E-state index in [1.807, 2.05) is 30.3 Å². The Bertz CT molecular complexity index is 1320. The number of benzene rings is 2. The van der Waals surface area contributed by atoms with Crippen LogP contribution in [0.5, 0.6) is 10.9 Å². The molecule has 0 saturated carbocycles. The number of nitrogens with zero attached hydrogens (tertiary/aromatic N) is 2. The first kappa shape index (κ1) is 19.6. The fraction of sp³-hybridized carbons (Fsp3) is 0.261. The molecule has 1 amide bonds. The van der Waals surface area contributed by atoms with Gasteiger partial charge in [0.2, 0.25) is 0 Å². The molecule has 1 fully saturated rings. The maximum Gasteiger partial charge on any atom is 0.349 e. The van der Waals surface area contributed by atoms with Crippen molar-refractivity contribution in [2.24, 2.45) is 0 Å². The molecule has 0 N–H and O–H groups in total. The highest BCUT2D eigenvalue weighted by molar-refractivity contribution is 7.20. The van der Waals surface area contributed by atoms with Crippen molar-refractivity contribution in [2.75, 3.05) is 20.2 Å². The minimum atomic E-state index is -0.605. The lowest BCUT2D eigenvalue weighted by molar-refractivity contribution is 0.0592. The molecule has 8 heteroatoms. The number of thiazole rings is 1. The van der Waals surface area contributed by atoms with Gasteiger partial charge in [-0.1, -0.05) is 29.5 Å². The van der Waals surface area contributed by atoms with Gasteiger partial charge in [0.05, 0.1) is 17.3 Å². The number of carbonyl (C=O) groups excluding carboxylic acids is 1. The Morgan fingerprint density at radius 1 is 1.16 bits per heavy atom. The lowest BCUT2D eigenvalue weighted by Gasteiger charge is -2.31. The van der Waals surface area contributed by atoms with Gasteiger partial charge in [0.15, 0.2) is 0 Å². The Morgan fingerprint density at radius 2 is 1.97 bits per heavy atom. The molecule has 1 aliphatic rings. The van der Waals surface area contributed by atoms with Gasteiger partial charge in [0.25, 0.3) is 11.1 Å². The number of amides is 1. The van der Waals surface area contributed by atoms with Crippen molar-refractivity contribution in [2.45, 2.75) is 18.9 Å². The van der Waals surface area contributed by atoms with Crippen LogP contribution in [0.3, 0.4) is 0 Å². The Hall–Kier alpha value is -3.39. The molecule has 0 radical (unpaired) electrons. The molecule has 7 nitrogen and oxygen atoms in total. The molecule has 0 atom stereocenters. The van der Waals surface area contributed by atoms with Crippen molar-refractivity contribution in [1.29, 1.82) is 0 Å². The van der Waals surface area contributed by atoms with Gasteiger partial charge in [-0.25, -0.2) is 9.78 Å². The lowest BCUT2D eigenvalue weighted by Crippen LogP contribution is -2.43. The van der Waals surface area contributed by atoms with Crippen molar-refractivity contribution in [3.63, 3.8) is 0 Å². The third-order valence-corrected chi connectivity index (χ3v) is 6.35. The van der Waals surface area contributed by atoms with Gasteiger partial charge in [0.1, 0.15) is 23.0 Å². The van der Waals surface area contributed by atoms with Crippen LogP contribution < -0.4 is 15.1 Å². The van der Waals surface area contributed by atoms with Crippen LogP contribution in [-0.4, -0.2) is 42.1 Å². The summed E-state index contributed by atoms with van der Waals surface area (Å²) in [5.41, 5.74) is 0.811. The van der Waals surface area contributed by atoms with E-state index in [2.05, 4.69) is 4.98 Å². The number of aromatic nitrogens is 1. The minimum Gasteiger partial charge on any atom is -0.497 e. The van der Waals surface area contributed by atoms with E-state index >= 15 is 0 Å². The quantitative estimate of drug-likeness (QED) is 0.448.